The van der Waals surface area contributed by atoms with E-state index in [1.165, 1.54) is 6.42 Å². The zero-order chi connectivity index (χ0) is 14.0. The summed E-state index contributed by atoms with van der Waals surface area (Å²) >= 11 is 0. The van der Waals surface area contributed by atoms with Gasteiger partial charge in [0.05, 0.1) is 0 Å². The number of hydrogen-bond acceptors (Lipinski definition) is 4. The molecule has 110 valence electrons. The van der Waals surface area contributed by atoms with Gasteiger partial charge in [-0.15, -0.1) is 0 Å². The molecule has 2 fully saturated rings. The third-order valence-corrected chi connectivity index (χ3v) is 4.40. The van der Waals surface area contributed by atoms with Crippen LogP contribution in [0.2, 0.25) is 0 Å². The Morgan fingerprint density at radius 1 is 1.32 bits per heavy atom. The van der Waals surface area contributed by atoms with Crippen molar-refractivity contribution in [3.63, 3.8) is 0 Å². The fourth-order valence-electron chi connectivity index (χ4n) is 3.19. The molecule has 1 amide bonds. The zero-order valence-corrected chi connectivity index (χ0v) is 12.7. The molecule has 0 aromatic heterocycles. The minimum atomic E-state index is 0.0147. The van der Waals surface area contributed by atoms with Gasteiger partial charge in [0.2, 0.25) is 5.91 Å². The van der Waals surface area contributed by atoms with E-state index in [0.29, 0.717) is 12.1 Å². The second kappa shape index (κ2) is 6.20. The Hall–Kier alpha value is -0.650. The molecule has 2 aliphatic rings. The van der Waals surface area contributed by atoms with Crippen LogP contribution in [0.25, 0.3) is 0 Å². The molecular formula is C14H28N4O. The smallest absolute Gasteiger partial charge is 0.240 e. The molecule has 2 unspecified atom stereocenters. The summed E-state index contributed by atoms with van der Waals surface area (Å²) < 4.78 is 0. The first-order chi connectivity index (χ1) is 9.00. The van der Waals surface area contributed by atoms with Crippen molar-refractivity contribution in [2.75, 3.05) is 46.8 Å². The maximum Gasteiger partial charge on any atom is 0.240 e. The van der Waals surface area contributed by atoms with E-state index in [2.05, 4.69) is 29.0 Å². The lowest BCUT2D eigenvalue weighted by Gasteiger charge is -2.40. The molecule has 2 rings (SSSR count). The number of nitrogens with zero attached hydrogens (tertiary/aromatic N) is 3. The number of piperazine rings is 1. The standard InChI is InChI=1S/C14H28N4O/c1-11(2)17-7-5-12(10-17)18-8-6-15-9-13(18)14(19)16(3)4/h11-13,15H,5-10H2,1-4H3. The molecular weight excluding hydrogens is 240 g/mol. The van der Waals surface area contributed by atoms with Crippen LogP contribution in [0.3, 0.4) is 0 Å². The van der Waals surface area contributed by atoms with Gasteiger partial charge >= 0.3 is 0 Å². The van der Waals surface area contributed by atoms with Gasteiger partial charge in [-0.3, -0.25) is 14.6 Å². The van der Waals surface area contributed by atoms with E-state index >= 15 is 0 Å². The minimum Gasteiger partial charge on any atom is -0.347 e. The van der Waals surface area contributed by atoms with Crippen molar-refractivity contribution >= 4 is 5.91 Å². The Labute approximate surface area is 116 Å². The van der Waals surface area contributed by atoms with Gasteiger partial charge in [-0.2, -0.15) is 0 Å². The Bertz CT molecular complexity index is 319. The van der Waals surface area contributed by atoms with Gasteiger partial charge in [-0.1, -0.05) is 0 Å². The highest BCUT2D eigenvalue weighted by atomic mass is 16.2. The van der Waals surface area contributed by atoms with Crippen LogP contribution in [0.5, 0.6) is 0 Å². The quantitative estimate of drug-likeness (QED) is 0.771. The number of rotatable bonds is 3. The van der Waals surface area contributed by atoms with Gasteiger partial charge in [0, 0.05) is 58.9 Å². The Kier molecular flexibility index (Phi) is 4.81. The highest BCUT2D eigenvalue weighted by molar-refractivity contribution is 5.81. The average molecular weight is 268 g/mol. The van der Waals surface area contributed by atoms with Gasteiger partial charge in [0.25, 0.3) is 0 Å². The van der Waals surface area contributed by atoms with Crippen LogP contribution in [-0.4, -0.2) is 85.6 Å². The summed E-state index contributed by atoms with van der Waals surface area (Å²) in [6.07, 6.45) is 1.19. The molecule has 5 nitrogen and oxygen atoms in total. The van der Waals surface area contributed by atoms with Gasteiger partial charge in [-0.25, -0.2) is 0 Å². The third kappa shape index (κ3) is 3.27. The van der Waals surface area contributed by atoms with Crippen molar-refractivity contribution in [2.45, 2.75) is 38.4 Å². The van der Waals surface area contributed by atoms with Crippen molar-refractivity contribution in [3.05, 3.63) is 0 Å². The number of nitrogens with one attached hydrogen (secondary N) is 1. The first kappa shape index (κ1) is 14.8. The van der Waals surface area contributed by atoms with Crippen molar-refractivity contribution < 1.29 is 4.79 Å². The second-order valence-electron chi connectivity index (χ2n) is 6.22. The maximum atomic E-state index is 12.3. The van der Waals surface area contributed by atoms with E-state index in [-0.39, 0.29) is 11.9 Å². The van der Waals surface area contributed by atoms with Crippen LogP contribution < -0.4 is 5.32 Å². The molecule has 2 atom stereocenters. The number of carbonyl (C=O) groups is 1. The van der Waals surface area contributed by atoms with E-state index in [9.17, 15) is 4.79 Å². The molecule has 0 aromatic rings. The molecule has 2 aliphatic heterocycles. The fraction of sp³-hybridized carbons (Fsp3) is 0.929. The predicted molar refractivity (Wildman–Crippen MR) is 77.2 cm³/mol. The fourth-order valence-corrected chi connectivity index (χ4v) is 3.19. The highest BCUT2D eigenvalue weighted by Gasteiger charge is 2.37. The van der Waals surface area contributed by atoms with Gasteiger partial charge < -0.3 is 10.2 Å². The average Bonchev–Trinajstić information content (AvgIpc) is 2.87. The van der Waals surface area contributed by atoms with E-state index in [1.54, 1.807) is 4.90 Å². The monoisotopic (exact) mass is 268 g/mol. The van der Waals surface area contributed by atoms with Gasteiger partial charge in [-0.05, 0) is 20.3 Å². The van der Waals surface area contributed by atoms with Crippen molar-refractivity contribution in [2.24, 2.45) is 0 Å². The molecule has 0 radical (unpaired) electrons. The first-order valence-corrected chi connectivity index (χ1v) is 7.42. The third-order valence-electron chi connectivity index (χ3n) is 4.40. The summed E-state index contributed by atoms with van der Waals surface area (Å²) in [4.78, 5) is 19.0. The number of likely N-dealkylation sites (tertiary alicyclic amines) is 1. The largest absolute Gasteiger partial charge is 0.347 e. The van der Waals surface area contributed by atoms with E-state index in [0.717, 1.165) is 32.7 Å². The topological polar surface area (TPSA) is 38.8 Å². The molecule has 0 saturated carbocycles. The highest BCUT2D eigenvalue weighted by Crippen LogP contribution is 2.21. The normalized spacial score (nSPS) is 29.9. The summed E-state index contributed by atoms with van der Waals surface area (Å²) in [6.45, 7) is 9.54. The molecule has 5 heteroatoms. The molecule has 0 aliphatic carbocycles. The van der Waals surface area contributed by atoms with Crippen LogP contribution >= 0.6 is 0 Å². The lowest BCUT2D eigenvalue weighted by molar-refractivity contribution is -0.136. The molecule has 2 saturated heterocycles. The molecule has 2 heterocycles. The minimum absolute atomic E-state index is 0.0147. The van der Waals surface area contributed by atoms with Crippen molar-refractivity contribution in [1.82, 2.24) is 20.0 Å². The number of likely N-dealkylation sites (N-methyl/N-ethyl adjacent to an activating group) is 1. The summed E-state index contributed by atoms with van der Waals surface area (Å²) in [5.74, 6) is 0.232. The van der Waals surface area contributed by atoms with Crippen LogP contribution in [0.15, 0.2) is 0 Å². The maximum absolute atomic E-state index is 12.3. The first-order valence-electron chi connectivity index (χ1n) is 7.42. The SMILES string of the molecule is CC(C)N1CCC(N2CCNCC2C(=O)N(C)C)C1. The lowest BCUT2D eigenvalue weighted by Crippen LogP contribution is -2.61. The number of carbonyl (C=O) groups excluding carboxylic acids is 1. The second-order valence-corrected chi connectivity index (χ2v) is 6.22. The van der Waals surface area contributed by atoms with Crippen LogP contribution in [0, 0.1) is 0 Å². The lowest BCUT2D eigenvalue weighted by atomic mass is 10.1. The van der Waals surface area contributed by atoms with Crippen molar-refractivity contribution in [1.29, 1.82) is 0 Å². The number of amides is 1. The van der Waals surface area contributed by atoms with Crippen LogP contribution in [0.1, 0.15) is 20.3 Å². The Morgan fingerprint density at radius 2 is 2.05 bits per heavy atom. The van der Waals surface area contributed by atoms with Crippen molar-refractivity contribution in [3.8, 4) is 0 Å². The van der Waals surface area contributed by atoms with E-state index in [4.69, 9.17) is 0 Å². The Balaban J connectivity index is 2.02. The number of hydrogen-bond donors (Lipinski definition) is 1. The van der Waals surface area contributed by atoms with Gasteiger partial charge in [0.1, 0.15) is 6.04 Å². The molecule has 0 aromatic carbocycles. The molecule has 0 spiro atoms. The molecule has 1 N–H and O–H groups in total. The molecule has 19 heavy (non-hydrogen) atoms. The summed E-state index contributed by atoms with van der Waals surface area (Å²) in [6, 6.07) is 1.16. The molecule has 0 bridgehead atoms. The summed E-state index contributed by atoms with van der Waals surface area (Å²) in [5, 5.41) is 3.36. The van der Waals surface area contributed by atoms with Gasteiger partial charge in [0.15, 0.2) is 0 Å². The van der Waals surface area contributed by atoms with E-state index < -0.39 is 0 Å². The van der Waals surface area contributed by atoms with Crippen LogP contribution in [0.4, 0.5) is 0 Å². The predicted octanol–water partition coefficient (Wildman–Crippen LogP) is -0.169. The Morgan fingerprint density at radius 3 is 2.63 bits per heavy atom. The summed E-state index contributed by atoms with van der Waals surface area (Å²) in [5.41, 5.74) is 0. The zero-order valence-electron chi connectivity index (χ0n) is 12.7. The summed E-state index contributed by atoms with van der Waals surface area (Å²) in [7, 11) is 3.70. The van der Waals surface area contributed by atoms with Crippen LogP contribution in [-0.2, 0) is 4.79 Å². The van der Waals surface area contributed by atoms with E-state index in [1.807, 2.05) is 14.1 Å².